The van der Waals surface area contributed by atoms with Gasteiger partial charge in [0.2, 0.25) is 0 Å². The molecule has 0 saturated heterocycles. The Morgan fingerprint density at radius 3 is 2.53 bits per heavy atom. The van der Waals surface area contributed by atoms with Crippen molar-refractivity contribution >= 4 is 0 Å². The molecule has 0 aliphatic carbocycles. The van der Waals surface area contributed by atoms with Gasteiger partial charge in [0.05, 0.1) is 18.3 Å². The number of benzene rings is 1. The largest absolute Gasteiger partial charge is 0.491 e. The molecular formula is C15H19N3O. The maximum atomic E-state index is 5.87. The zero-order chi connectivity index (χ0) is 13.7. The third-order valence-electron chi connectivity index (χ3n) is 2.82. The zero-order valence-electron chi connectivity index (χ0n) is 11.5. The second-order valence-corrected chi connectivity index (χ2v) is 4.60. The smallest absolute Gasteiger partial charge is 0.124 e. The van der Waals surface area contributed by atoms with Gasteiger partial charge in [-0.25, -0.2) is 0 Å². The highest BCUT2D eigenvalue weighted by Crippen LogP contribution is 2.29. The topological polar surface area (TPSA) is 47.0 Å². The van der Waals surface area contributed by atoms with E-state index < -0.39 is 0 Å². The quantitative estimate of drug-likeness (QED) is 0.894. The fourth-order valence-electron chi connectivity index (χ4n) is 2.05. The van der Waals surface area contributed by atoms with Gasteiger partial charge in [0.1, 0.15) is 5.75 Å². The van der Waals surface area contributed by atoms with Crippen LogP contribution in [0.15, 0.2) is 42.7 Å². The molecule has 1 atom stereocenters. The number of hydrogen-bond donors (Lipinski definition) is 1. The standard InChI is InChI=1S/C15H19N3O/c1-11(2)19-14-7-5-4-6-13(14)15(16-3)12-8-9-17-18-10-12/h4-11,15-16H,1-3H3. The van der Waals surface area contributed by atoms with Crippen molar-refractivity contribution in [1.82, 2.24) is 15.5 Å². The lowest BCUT2D eigenvalue weighted by Gasteiger charge is -2.21. The number of hydrogen-bond acceptors (Lipinski definition) is 4. The van der Waals surface area contributed by atoms with Gasteiger partial charge < -0.3 is 10.1 Å². The minimum Gasteiger partial charge on any atom is -0.491 e. The molecule has 0 amide bonds. The predicted molar refractivity (Wildman–Crippen MR) is 75.1 cm³/mol. The van der Waals surface area contributed by atoms with Crippen LogP contribution in [-0.2, 0) is 0 Å². The molecule has 1 unspecified atom stereocenters. The van der Waals surface area contributed by atoms with E-state index in [0.29, 0.717) is 0 Å². The summed E-state index contributed by atoms with van der Waals surface area (Å²) in [6.07, 6.45) is 3.62. The average molecular weight is 257 g/mol. The van der Waals surface area contributed by atoms with Crippen molar-refractivity contribution in [2.75, 3.05) is 7.05 Å². The van der Waals surface area contributed by atoms with E-state index >= 15 is 0 Å². The summed E-state index contributed by atoms with van der Waals surface area (Å²) < 4.78 is 5.87. The van der Waals surface area contributed by atoms with Crippen molar-refractivity contribution < 1.29 is 4.74 Å². The van der Waals surface area contributed by atoms with E-state index in [0.717, 1.165) is 16.9 Å². The van der Waals surface area contributed by atoms with E-state index in [-0.39, 0.29) is 12.1 Å². The van der Waals surface area contributed by atoms with Crippen LogP contribution in [0.4, 0.5) is 0 Å². The van der Waals surface area contributed by atoms with Gasteiger partial charge in [-0.1, -0.05) is 18.2 Å². The molecule has 2 rings (SSSR count). The van der Waals surface area contributed by atoms with Crippen LogP contribution < -0.4 is 10.1 Å². The summed E-state index contributed by atoms with van der Waals surface area (Å²) in [5.74, 6) is 0.897. The van der Waals surface area contributed by atoms with Crippen LogP contribution in [0.3, 0.4) is 0 Å². The van der Waals surface area contributed by atoms with Crippen molar-refractivity contribution in [2.45, 2.75) is 26.0 Å². The molecule has 0 bridgehead atoms. The fraction of sp³-hybridized carbons (Fsp3) is 0.333. The Kier molecular flexibility index (Phi) is 4.47. The molecule has 0 radical (unpaired) electrons. The molecule has 0 aliphatic rings. The minimum atomic E-state index is 0.0467. The van der Waals surface area contributed by atoms with E-state index in [1.807, 2.05) is 45.2 Å². The lowest BCUT2D eigenvalue weighted by atomic mass is 10.00. The number of ether oxygens (including phenoxy) is 1. The van der Waals surface area contributed by atoms with Crippen LogP contribution >= 0.6 is 0 Å². The monoisotopic (exact) mass is 257 g/mol. The minimum absolute atomic E-state index is 0.0467. The van der Waals surface area contributed by atoms with E-state index in [1.165, 1.54) is 0 Å². The zero-order valence-corrected chi connectivity index (χ0v) is 11.5. The Hall–Kier alpha value is -1.94. The van der Waals surface area contributed by atoms with Gasteiger partial charge in [-0.15, -0.1) is 0 Å². The van der Waals surface area contributed by atoms with Gasteiger partial charge in [-0.2, -0.15) is 10.2 Å². The first-order valence-corrected chi connectivity index (χ1v) is 6.41. The Bertz CT molecular complexity index is 514. The Labute approximate surface area is 113 Å². The SMILES string of the molecule is CNC(c1ccnnc1)c1ccccc1OC(C)C. The molecule has 2 aromatic rings. The second-order valence-electron chi connectivity index (χ2n) is 4.60. The van der Waals surface area contributed by atoms with Crippen LogP contribution in [0.5, 0.6) is 5.75 Å². The van der Waals surface area contributed by atoms with E-state index in [9.17, 15) is 0 Å². The summed E-state index contributed by atoms with van der Waals surface area (Å²) >= 11 is 0. The second kappa shape index (κ2) is 6.29. The molecule has 19 heavy (non-hydrogen) atoms. The first kappa shape index (κ1) is 13.5. The van der Waals surface area contributed by atoms with Crippen molar-refractivity contribution in [1.29, 1.82) is 0 Å². The first-order chi connectivity index (χ1) is 9.22. The molecule has 0 fully saturated rings. The molecule has 4 heteroatoms. The maximum Gasteiger partial charge on any atom is 0.124 e. The van der Waals surface area contributed by atoms with Crippen LogP contribution in [0.2, 0.25) is 0 Å². The average Bonchev–Trinajstić information content (AvgIpc) is 2.42. The highest BCUT2D eigenvalue weighted by molar-refractivity contribution is 5.40. The summed E-state index contributed by atoms with van der Waals surface area (Å²) in [6, 6.07) is 10.1. The molecule has 0 spiro atoms. The Balaban J connectivity index is 2.38. The normalized spacial score (nSPS) is 12.4. The third-order valence-corrected chi connectivity index (χ3v) is 2.82. The van der Waals surface area contributed by atoms with Crippen molar-refractivity contribution in [2.24, 2.45) is 0 Å². The fourth-order valence-corrected chi connectivity index (χ4v) is 2.05. The van der Waals surface area contributed by atoms with Crippen molar-refractivity contribution in [3.63, 3.8) is 0 Å². The summed E-state index contributed by atoms with van der Waals surface area (Å²) in [4.78, 5) is 0. The van der Waals surface area contributed by atoms with Gasteiger partial charge in [-0.05, 0) is 38.6 Å². The summed E-state index contributed by atoms with van der Waals surface area (Å²) in [6.45, 7) is 4.05. The predicted octanol–water partition coefficient (Wildman–Crippen LogP) is 2.57. The highest BCUT2D eigenvalue weighted by atomic mass is 16.5. The van der Waals surface area contributed by atoms with E-state index in [4.69, 9.17) is 4.74 Å². The molecule has 1 heterocycles. The Morgan fingerprint density at radius 1 is 1.11 bits per heavy atom. The third kappa shape index (κ3) is 3.29. The van der Waals surface area contributed by atoms with Crippen LogP contribution in [0.25, 0.3) is 0 Å². The molecule has 1 aromatic carbocycles. The molecule has 1 aromatic heterocycles. The maximum absolute atomic E-state index is 5.87. The van der Waals surface area contributed by atoms with Gasteiger partial charge in [0.15, 0.2) is 0 Å². The number of nitrogens with one attached hydrogen (secondary N) is 1. The van der Waals surface area contributed by atoms with Crippen LogP contribution in [0, 0.1) is 0 Å². The van der Waals surface area contributed by atoms with Gasteiger partial charge in [-0.3, -0.25) is 0 Å². The number of para-hydroxylation sites is 1. The molecule has 100 valence electrons. The highest BCUT2D eigenvalue weighted by Gasteiger charge is 2.17. The van der Waals surface area contributed by atoms with Gasteiger partial charge >= 0.3 is 0 Å². The number of nitrogens with zero attached hydrogens (tertiary/aromatic N) is 2. The molecular weight excluding hydrogens is 238 g/mol. The van der Waals surface area contributed by atoms with Gasteiger partial charge in [0.25, 0.3) is 0 Å². The summed E-state index contributed by atoms with van der Waals surface area (Å²) in [7, 11) is 1.93. The van der Waals surface area contributed by atoms with Crippen LogP contribution in [-0.4, -0.2) is 23.3 Å². The summed E-state index contributed by atoms with van der Waals surface area (Å²) in [5.41, 5.74) is 2.17. The van der Waals surface area contributed by atoms with E-state index in [2.05, 4.69) is 21.6 Å². The molecule has 4 nitrogen and oxygen atoms in total. The first-order valence-electron chi connectivity index (χ1n) is 6.41. The lowest BCUT2D eigenvalue weighted by Crippen LogP contribution is -2.20. The molecule has 0 aliphatic heterocycles. The molecule has 0 saturated carbocycles. The van der Waals surface area contributed by atoms with E-state index in [1.54, 1.807) is 12.4 Å². The Morgan fingerprint density at radius 2 is 1.89 bits per heavy atom. The number of aromatic nitrogens is 2. The summed E-state index contributed by atoms with van der Waals surface area (Å²) in [5, 5.41) is 11.1. The van der Waals surface area contributed by atoms with Gasteiger partial charge in [0, 0.05) is 11.8 Å². The van der Waals surface area contributed by atoms with Crippen LogP contribution in [0.1, 0.15) is 31.0 Å². The lowest BCUT2D eigenvalue weighted by molar-refractivity contribution is 0.238. The number of rotatable bonds is 5. The molecule has 1 N–H and O–H groups in total. The van der Waals surface area contributed by atoms with Crippen molar-refractivity contribution in [3.05, 3.63) is 53.9 Å². The van der Waals surface area contributed by atoms with Crippen molar-refractivity contribution in [3.8, 4) is 5.75 Å².